The van der Waals surface area contributed by atoms with E-state index in [0.29, 0.717) is 28.8 Å². The van der Waals surface area contributed by atoms with Crippen molar-refractivity contribution in [3.63, 3.8) is 0 Å². The lowest BCUT2D eigenvalue weighted by Gasteiger charge is -2.17. The summed E-state index contributed by atoms with van der Waals surface area (Å²) < 4.78 is 10.5. The van der Waals surface area contributed by atoms with Crippen LogP contribution in [-0.2, 0) is 19.1 Å². The van der Waals surface area contributed by atoms with E-state index in [4.69, 9.17) is 32.7 Å². The first-order valence-electron chi connectivity index (χ1n) is 9.32. The van der Waals surface area contributed by atoms with Gasteiger partial charge in [0.2, 0.25) is 5.91 Å². The summed E-state index contributed by atoms with van der Waals surface area (Å²) in [6.45, 7) is 2.13. The third-order valence-electron chi connectivity index (χ3n) is 4.49. The van der Waals surface area contributed by atoms with Crippen LogP contribution in [0.5, 0.6) is 5.75 Å². The summed E-state index contributed by atoms with van der Waals surface area (Å²) in [5, 5.41) is 3.03. The number of esters is 1. The lowest BCUT2D eigenvalue weighted by molar-refractivity contribution is -0.151. The highest BCUT2D eigenvalue weighted by atomic mass is 35.5. The maximum Gasteiger partial charge on any atom is 0.311 e. The molecule has 1 aliphatic rings. The zero-order valence-corrected chi connectivity index (χ0v) is 17.7. The van der Waals surface area contributed by atoms with E-state index in [0.717, 1.165) is 0 Å². The fourth-order valence-electron chi connectivity index (χ4n) is 3.05. The Morgan fingerprint density at radius 2 is 1.90 bits per heavy atom. The predicted molar refractivity (Wildman–Crippen MR) is 114 cm³/mol. The van der Waals surface area contributed by atoms with Crippen LogP contribution in [0.25, 0.3) is 0 Å². The largest absolute Gasteiger partial charge is 0.494 e. The van der Waals surface area contributed by atoms with Crippen molar-refractivity contribution in [2.75, 3.05) is 30.0 Å². The normalized spacial score (nSPS) is 15.8. The average Bonchev–Trinajstić information content (AvgIpc) is 3.12. The van der Waals surface area contributed by atoms with Crippen molar-refractivity contribution >= 4 is 52.4 Å². The second kappa shape index (κ2) is 9.82. The maximum atomic E-state index is 12.3. The minimum atomic E-state index is -0.647. The van der Waals surface area contributed by atoms with Crippen LogP contribution >= 0.6 is 23.2 Å². The molecule has 0 saturated carbocycles. The van der Waals surface area contributed by atoms with E-state index in [9.17, 15) is 14.4 Å². The van der Waals surface area contributed by atoms with Crippen molar-refractivity contribution in [2.24, 2.45) is 5.92 Å². The zero-order chi connectivity index (χ0) is 21.7. The van der Waals surface area contributed by atoms with Crippen LogP contribution in [0.4, 0.5) is 11.4 Å². The Kier molecular flexibility index (Phi) is 7.18. The predicted octanol–water partition coefficient (Wildman–Crippen LogP) is 3.93. The third kappa shape index (κ3) is 5.23. The van der Waals surface area contributed by atoms with E-state index in [-0.39, 0.29) is 23.9 Å². The molecule has 2 amide bonds. The highest BCUT2D eigenvalue weighted by Crippen LogP contribution is 2.30. The molecule has 2 aromatic carbocycles. The van der Waals surface area contributed by atoms with E-state index in [1.54, 1.807) is 42.5 Å². The van der Waals surface area contributed by atoms with Crippen molar-refractivity contribution < 1.29 is 23.9 Å². The molecule has 7 nitrogen and oxygen atoms in total. The first-order chi connectivity index (χ1) is 14.4. The lowest BCUT2D eigenvalue weighted by atomic mass is 10.1. The molecule has 0 bridgehead atoms. The number of hydrogen-bond donors (Lipinski definition) is 1. The molecule has 1 atom stereocenters. The summed E-state index contributed by atoms with van der Waals surface area (Å²) in [5.74, 6) is -1.29. The standard InChI is InChI=1S/C21H20Cl2N2O5/c1-2-29-15-8-6-14(7-9-15)25-11-13(10-19(25)27)21(28)30-12-18(26)24-17-5-3-4-16(22)20(17)23/h3-9,13H,2,10-12H2,1H3,(H,24,26)/t13-/m0/s1. The van der Waals surface area contributed by atoms with Crippen molar-refractivity contribution in [3.05, 3.63) is 52.5 Å². The van der Waals surface area contributed by atoms with Crippen molar-refractivity contribution in [1.29, 1.82) is 0 Å². The molecule has 1 fully saturated rings. The first-order valence-corrected chi connectivity index (χ1v) is 10.1. The number of benzene rings is 2. The molecular weight excluding hydrogens is 431 g/mol. The number of amides is 2. The molecule has 0 radical (unpaired) electrons. The molecule has 0 spiro atoms. The van der Waals surface area contributed by atoms with Crippen LogP contribution in [0.3, 0.4) is 0 Å². The summed E-state index contributed by atoms with van der Waals surface area (Å²) in [7, 11) is 0. The van der Waals surface area contributed by atoms with Crippen LogP contribution < -0.4 is 15.0 Å². The first kappa shape index (κ1) is 21.9. The molecule has 2 aromatic rings. The van der Waals surface area contributed by atoms with Gasteiger partial charge in [-0.25, -0.2) is 0 Å². The molecule has 9 heteroatoms. The monoisotopic (exact) mass is 450 g/mol. The molecule has 3 rings (SSSR count). The van der Waals surface area contributed by atoms with Crippen LogP contribution in [0, 0.1) is 5.92 Å². The summed E-state index contributed by atoms with van der Waals surface area (Å²) in [4.78, 5) is 38.2. The Hall–Kier alpha value is -2.77. The number of nitrogens with one attached hydrogen (secondary N) is 1. The van der Waals surface area contributed by atoms with Crippen LogP contribution in [0.15, 0.2) is 42.5 Å². The molecule has 1 aliphatic heterocycles. The van der Waals surface area contributed by atoms with Crippen molar-refractivity contribution in [3.8, 4) is 5.75 Å². The summed E-state index contributed by atoms with van der Waals surface area (Å²) in [6.07, 6.45) is 0.0216. The van der Waals surface area contributed by atoms with Gasteiger partial charge in [0.15, 0.2) is 6.61 Å². The van der Waals surface area contributed by atoms with Crippen LogP contribution in [0.1, 0.15) is 13.3 Å². The van der Waals surface area contributed by atoms with Crippen LogP contribution in [0.2, 0.25) is 10.0 Å². The van der Waals surface area contributed by atoms with E-state index in [1.165, 1.54) is 4.90 Å². The molecule has 158 valence electrons. The Morgan fingerprint density at radius 3 is 2.60 bits per heavy atom. The van der Waals surface area contributed by atoms with E-state index >= 15 is 0 Å². The van der Waals surface area contributed by atoms with Crippen molar-refractivity contribution in [1.82, 2.24) is 0 Å². The fourth-order valence-corrected chi connectivity index (χ4v) is 3.39. The van der Waals surface area contributed by atoms with E-state index in [1.807, 2.05) is 6.92 Å². The van der Waals surface area contributed by atoms with Gasteiger partial charge < -0.3 is 19.7 Å². The third-order valence-corrected chi connectivity index (χ3v) is 5.31. The summed E-state index contributed by atoms with van der Waals surface area (Å²) in [6, 6.07) is 11.9. The fraction of sp³-hybridized carbons (Fsp3) is 0.286. The minimum Gasteiger partial charge on any atom is -0.494 e. The number of rotatable bonds is 7. The number of carbonyl (C=O) groups is 3. The Labute approximate surface area is 183 Å². The number of halogens is 2. The second-order valence-corrected chi connectivity index (χ2v) is 7.37. The second-order valence-electron chi connectivity index (χ2n) is 6.59. The van der Waals surface area contributed by atoms with E-state index in [2.05, 4.69) is 5.32 Å². The molecule has 0 unspecified atom stereocenters. The lowest BCUT2D eigenvalue weighted by Crippen LogP contribution is -2.28. The van der Waals surface area contributed by atoms with Gasteiger partial charge in [-0.2, -0.15) is 0 Å². The molecule has 30 heavy (non-hydrogen) atoms. The SMILES string of the molecule is CCOc1ccc(N2C[C@@H](C(=O)OCC(=O)Nc3cccc(Cl)c3Cl)CC2=O)cc1. The number of hydrogen-bond acceptors (Lipinski definition) is 5. The summed E-state index contributed by atoms with van der Waals surface area (Å²) in [5.41, 5.74) is 0.995. The van der Waals surface area contributed by atoms with Gasteiger partial charge in [0.25, 0.3) is 5.91 Å². The molecule has 1 saturated heterocycles. The van der Waals surface area contributed by atoms with Gasteiger partial charge in [0, 0.05) is 18.7 Å². The van der Waals surface area contributed by atoms with Gasteiger partial charge in [-0.15, -0.1) is 0 Å². The van der Waals surface area contributed by atoms with Gasteiger partial charge in [0.1, 0.15) is 5.75 Å². The van der Waals surface area contributed by atoms with Gasteiger partial charge in [0.05, 0.1) is 28.3 Å². The quantitative estimate of drug-likeness (QED) is 0.645. The Morgan fingerprint density at radius 1 is 1.17 bits per heavy atom. The number of ether oxygens (including phenoxy) is 2. The number of carbonyl (C=O) groups excluding carboxylic acids is 3. The molecule has 1 N–H and O–H groups in total. The van der Waals surface area contributed by atoms with Gasteiger partial charge >= 0.3 is 5.97 Å². The highest BCUT2D eigenvalue weighted by Gasteiger charge is 2.36. The highest BCUT2D eigenvalue weighted by molar-refractivity contribution is 6.44. The molecule has 0 aliphatic carbocycles. The topological polar surface area (TPSA) is 84.9 Å². The van der Waals surface area contributed by atoms with Gasteiger partial charge in [-0.3, -0.25) is 14.4 Å². The molecular formula is C21H20Cl2N2O5. The Balaban J connectivity index is 1.53. The zero-order valence-electron chi connectivity index (χ0n) is 16.2. The summed E-state index contributed by atoms with van der Waals surface area (Å²) >= 11 is 11.9. The molecule has 1 heterocycles. The van der Waals surface area contributed by atoms with Gasteiger partial charge in [-0.1, -0.05) is 29.3 Å². The smallest absolute Gasteiger partial charge is 0.311 e. The number of anilines is 2. The van der Waals surface area contributed by atoms with Gasteiger partial charge in [-0.05, 0) is 43.3 Å². The maximum absolute atomic E-state index is 12.3. The molecule has 0 aromatic heterocycles. The number of nitrogens with zero attached hydrogens (tertiary/aromatic N) is 1. The minimum absolute atomic E-state index is 0.0216. The van der Waals surface area contributed by atoms with Crippen LogP contribution in [-0.4, -0.2) is 37.5 Å². The Bertz CT molecular complexity index is 949. The van der Waals surface area contributed by atoms with Crippen molar-refractivity contribution in [2.45, 2.75) is 13.3 Å². The van der Waals surface area contributed by atoms with E-state index < -0.39 is 24.4 Å². The average molecular weight is 451 g/mol.